The van der Waals surface area contributed by atoms with Crippen LogP contribution in [0.3, 0.4) is 0 Å². The van der Waals surface area contributed by atoms with E-state index in [2.05, 4.69) is 20.6 Å². The van der Waals surface area contributed by atoms with Gasteiger partial charge in [-0.1, -0.05) is 6.07 Å². The van der Waals surface area contributed by atoms with Crippen molar-refractivity contribution in [2.75, 3.05) is 38.7 Å². The number of nitrogens with one attached hydrogen (secondary N) is 3. The summed E-state index contributed by atoms with van der Waals surface area (Å²) in [4.78, 5) is 35.7. The number of rotatable bonds is 3. The predicted octanol–water partition coefficient (Wildman–Crippen LogP) is 3.43. The summed E-state index contributed by atoms with van der Waals surface area (Å²) in [5, 5.41) is 6.17. The van der Waals surface area contributed by atoms with Gasteiger partial charge in [-0.15, -0.1) is 0 Å². The predicted molar refractivity (Wildman–Crippen MR) is 130 cm³/mol. The molecule has 1 fully saturated rings. The van der Waals surface area contributed by atoms with Gasteiger partial charge < -0.3 is 30.0 Å². The minimum Gasteiger partial charge on any atom is -0.492 e. The van der Waals surface area contributed by atoms with E-state index in [-0.39, 0.29) is 29.9 Å². The number of fused-ring (bicyclic) bond motifs is 3. The van der Waals surface area contributed by atoms with Gasteiger partial charge in [-0.05, 0) is 30.5 Å². The number of aromatic amines is 1. The number of para-hydroxylation sites is 1. The molecule has 0 saturated carbocycles. The van der Waals surface area contributed by atoms with E-state index in [9.17, 15) is 14.0 Å². The average Bonchev–Trinajstić information content (AvgIpc) is 3.22. The Morgan fingerprint density at radius 2 is 2.11 bits per heavy atom. The van der Waals surface area contributed by atoms with Crippen LogP contribution in [0.15, 0.2) is 36.7 Å². The molecule has 1 aromatic carbocycles. The maximum absolute atomic E-state index is 14.5. The monoisotopic (exact) mass is 491 g/mol. The molecule has 4 bridgehead atoms. The maximum atomic E-state index is 14.5. The van der Waals surface area contributed by atoms with Crippen LogP contribution >= 0.6 is 0 Å². The molecule has 2 amide bonds. The summed E-state index contributed by atoms with van der Waals surface area (Å²) in [5.74, 6) is 0.0439. The highest BCUT2D eigenvalue weighted by atomic mass is 19.1. The molecule has 4 aliphatic heterocycles. The number of hydrogen-bond acceptors (Lipinski definition) is 6. The topological polar surface area (TPSA) is 109 Å². The zero-order valence-electron chi connectivity index (χ0n) is 19.8. The normalized spacial score (nSPS) is 20.9. The van der Waals surface area contributed by atoms with Gasteiger partial charge in [0.2, 0.25) is 5.91 Å². The fraction of sp³-hybridized carbons (Fsp3) is 0.346. The van der Waals surface area contributed by atoms with Gasteiger partial charge in [-0.2, -0.15) is 0 Å². The van der Waals surface area contributed by atoms with Crippen molar-refractivity contribution in [3.8, 4) is 22.8 Å². The Hall–Kier alpha value is -4.08. The van der Waals surface area contributed by atoms with Crippen LogP contribution in [0.25, 0.3) is 11.3 Å². The van der Waals surface area contributed by atoms with Crippen molar-refractivity contribution < 1.29 is 23.5 Å². The Balaban J connectivity index is 1.53. The standard InChI is InChI=1S/C26H26FN5O4/c1-35-25-17(27)3-2-4-18(25)30-24-21-22-15(10-29-26(21)34)9-20(33)32-12-14(13-32)6-8-36-19-11-28-7-5-16(19)23(24)31-22/h2-5,7,11,14-15,30-31H,6,8-10,12-13H2,1H3,(H,29,34). The maximum Gasteiger partial charge on any atom is 0.255 e. The van der Waals surface area contributed by atoms with E-state index in [4.69, 9.17) is 9.47 Å². The quantitative estimate of drug-likeness (QED) is 0.518. The van der Waals surface area contributed by atoms with E-state index in [1.165, 1.54) is 13.2 Å². The number of ether oxygens (including phenoxy) is 2. The van der Waals surface area contributed by atoms with Crippen molar-refractivity contribution in [1.82, 2.24) is 20.2 Å². The third-order valence-electron chi connectivity index (χ3n) is 7.17. The summed E-state index contributed by atoms with van der Waals surface area (Å²) in [6, 6.07) is 6.37. The highest BCUT2D eigenvalue weighted by molar-refractivity contribution is 6.07. The van der Waals surface area contributed by atoms with Crippen molar-refractivity contribution in [1.29, 1.82) is 0 Å². The first-order valence-corrected chi connectivity index (χ1v) is 12.0. The number of anilines is 2. The fourth-order valence-corrected chi connectivity index (χ4v) is 5.25. The number of amides is 2. The van der Waals surface area contributed by atoms with Crippen molar-refractivity contribution in [3.05, 3.63) is 53.7 Å². The molecule has 9 nitrogen and oxygen atoms in total. The second-order valence-electron chi connectivity index (χ2n) is 9.39. The highest BCUT2D eigenvalue weighted by Gasteiger charge is 2.38. The van der Waals surface area contributed by atoms with E-state index < -0.39 is 5.82 Å². The van der Waals surface area contributed by atoms with Crippen LogP contribution in [-0.2, 0) is 4.79 Å². The zero-order chi connectivity index (χ0) is 24.8. The van der Waals surface area contributed by atoms with E-state index >= 15 is 0 Å². The van der Waals surface area contributed by atoms with Crippen LogP contribution in [0.1, 0.15) is 34.8 Å². The van der Waals surface area contributed by atoms with E-state index in [1.807, 2.05) is 11.0 Å². The number of pyridine rings is 1. The number of H-pyrrole nitrogens is 1. The molecule has 3 aromatic rings. The Kier molecular flexibility index (Phi) is 5.50. The van der Waals surface area contributed by atoms with Gasteiger partial charge in [0.1, 0.15) is 5.75 Å². The second-order valence-corrected chi connectivity index (χ2v) is 9.39. The molecule has 0 aliphatic carbocycles. The molecular weight excluding hydrogens is 465 g/mol. The Morgan fingerprint density at radius 3 is 2.94 bits per heavy atom. The molecule has 186 valence electrons. The molecule has 1 atom stereocenters. The number of hydrogen-bond donors (Lipinski definition) is 3. The lowest BCUT2D eigenvalue weighted by atomic mass is 9.91. The third kappa shape index (κ3) is 3.73. The van der Waals surface area contributed by atoms with Crippen LogP contribution in [0.4, 0.5) is 15.8 Å². The van der Waals surface area contributed by atoms with Gasteiger partial charge in [0.15, 0.2) is 11.6 Å². The minimum atomic E-state index is -0.527. The van der Waals surface area contributed by atoms with E-state index in [0.717, 1.165) is 19.5 Å². The molecule has 1 saturated heterocycles. The Bertz CT molecular complexity index is 1350. The van der Waals surface area contributed by atoms with Gasteiger partial charge >= 0.3 is 0 Å². The number of nitrogens with zero attached hydrogens (tertiary/aromatic N) is 2. The second kappa shape index (κ2) is 8.85. The molecule has 2 aromatic heterocycles. The van der Waals surface area contributed by atoms with Crippen LogP contribution < -0.4 is 20.1 Å². The number of aromatic nitrogens is 2. The molecular formula is C26H26FN5O4. The summed E-state index contributed by atoms with van der Waals surface area (Å²) in [5.41, 5.74) is 3.19. The van der Waals surface area contributed by atoms with Crippen molar-refractivity contribution in [2.45, 2.75) is 18.8 Å². The van der Waals surface area contributed by atoms with Gasteiger partial charge in [0.05, 0.1) is 42.5 Å². The molecule has 0 radical (unpaired) electrons. The summed E-state index contributed by atoms with van der Waals surface area (Å²) < 4.78 is 25.9. The fourth-order valence-electron chi connectivity index (χ4n) is 5.25. The van der Waals surface area contributed by atoms with Crippen LogP contribution in [0, 0.1) is 11.7 Å². The SMILES string of the molecule is COc1c(F)cccc1Nc1c2[nH]c3c1C(=O)NCC3CC(=O)N1CC(CCOc3cnccc3-2)C1. The lowest BCUT2D eigenvalue weighted by molar-refractivity contribution is -0.138. The summed E-state index contributed by atoms with van der Waals surface area (Å²) in [7, 11) is 1.39. The number of carbonyl (C=O) groups excluding carboxylic acids is 2. The Labute approximate surface area is 207 Å². The zero-order valence-corrected chi connectivity index (χ0v) is 19.8. The number of benzene rings is 1. The smallest absolute Gasteiger partial charge is 0.255 e. The highest BCUT2D eigenvalue weighted by Crippen LogP contribution is 2.44. The molecule has 7 rings (SSSR count). The summed E-state index contributed by atoms with van der Waals surface area (Å²) >= 11 is 0. The molecule has 3 N–H and O–H groups in total. The lowest BCUT2D eigenvalue weighted by Gasteiger charge is -2.40. The summed E-state index contributed by atoms with van der Waals surface area (Å²) in [6.07, 6.45) is 4.42. The van der Waals surface area contributed by atoms with Crippen LogP contribution in [-0.4, -0.2) is 60.0 Å². The molecule has 10 heteroatoms. The van der Waals surface area contributed by atoms with Gasteiger partial charge in [0, 0.05) is 49.4 Å². The van der Waals surface area contributed by atoms with Gasteiger partial charge in [-0.3, -0.25) is 14.6 Å². The largest absolute Gasteiger partial charge is 0.492 e. The van der Waals surface area contributed by atoms with Crippen LogP contribution in [0.2, 0.25) is 0 Å². The van der Waals surface area contributed by atoms with Crippen molar-refractivity contribution in [3.63, 3.8) is 0 Å². The third-order valence-corrected chi connectivity index (χ3v) is 7.17. The molecule has 36 heavy (non-hydrogen) atoms. The molecule has 0 spiro atoms. The van der Waals surface area contributed by atoms with E-state index in [0.29, 0.717) is 58.7 Å². The van der Waals surface area contributed by atoms with Crippen molar-refractivity contribution in [2.24, 2.45) is 5.92 Å². The molecule has 6 heterocycles. The summed E-state index contributed by atoms with van der Waals surface area (Å²) in [6.45, 7) is 2.26. The Morgan fingerprint density at radius 1 is 1.25 bits per heavy atom. The number of carbonyl (C=O) groups is 2. The first-order valence-electron chi connectivity index (χ1n) is 12.0. The minimum absolute atomic E-state index is 0.0333. The lowest BCUT2D eigenvalue weighted by Crippen LogP contribution is -2.51. The number of methoxy groups -OCH3 is 1. The molecule has 4 aliphatic rings. The first kappa shape index (κ1) is 22.4. The van der Waals surface area contributed by atoms with E-state index in [1.54, 1.807) is 24.5 Å². The van der Waals surface area contributed by atoms with Crippen LogP contribution in [0.5, 0.6) is 11.5 Å². The number of halogens is 1. The van der Waals surface area contributed by atoms with Gasteiger partial charge in [-0.25, -0.2) is 4.39 Å². The molecule has 1 unspecified atom stereocenters. The van der Waals surface area contributed by atoms with Crippen molar-refractivity contribution >= 4 is 23.2 Å². The average molecular weight is 492 g/mol. The van der Waals surface area contributed by atoms with Gasteiger partial charge in [0.25, 0.3) is 5.91 Å². The first-order chi connectivity index (χ1) is 17.5.